The molecule has 2 aromatic carbocycles. The highest BCUT2D eigenvalue weighted by atomic mass is 19.1. The zero-order valence-corrected chi connectivity index (χ0v) is 20.1. The van der Waals surface area contributed by atoms with Crippen molar-refractivity contribution in [3.63, 3.8) is 0 Å². The van der Waals surface area contributed by atoms with Gasteiger partial charge in [0, 0.05) is 43.2 Å². The maximum Gasteiger partial charge on any atom is 0.257 e. The Morgan fingerprint density at radius 3 is 2.42 bits per heavy atom. The number of hydrogen-bond donors (Lipinski definition) is 2. The van der Waals surface area contributed by atoms with Crippen LogP contribution in [-0.2, 0) is 11.3 Å². The molecule has 0 radical (unpaired) electrons. The van der Waals surface area contributed by atoms with Gasteiger partial charge in [0.25, 0.3) is 5.91 Å². The van der Waals surface area contributed by atoms with Crippen LogP contribution in [0.5, 0.6) is 5.75 Å². The van der Waals surface area contributed by atoms with Gasteiger partial charge in [-0.15, -0.1) is 0 Å². The Morgan fingerprint density at radius 2 is 1.81 bits per heavy atom. The van der Waals surface area contributed by atoms with Crippen LogP contribution in [0, 0.1) is 11.7 Å². The van der Waals surface area contributed by atoms with E-state index >= 15 is 4.39 Å². The summed E-state index contributed by atoms with van der Waals surface area (Å²) in [6.07, 6.45) is 4.60. The number of fused-ring (bicyclic) bond motifs is 1. The number of ether oxygens (including phenoxy) is 1. The first-order valence-electron chi connectivity index (χ1n) is 12.2. The highest BCUT2D eigenvalue weighted by Gasteiger charge is 2.29. The number of nitrogens with one attached hydrogen (secondary N) is 1. The fourth-order valence-corrected chi connectivity index (χ4v) is 4.84. The summed E-state index contributed by atoms with van der Waals surface area (Å²) in [6, 6.07) is 10.4. The third-order valence-corrected chi connectivity index (χ3v) is 7.14. The van der Waals surface area contributed by atoms with E-state index in [2.05, 4.69) is 5.32 Å². The number of anilines is 1. The molecule has 2 amide bonds. The van der Waals surface area contributed by atoms with Gasteiger partial charge in [0.1, 0.15) is 17.1 Å². The zero-order chi connectivity index (χ0) is 25.4. The molecule has 188 valence electrons. The number of carbonyl (C=O) groups is 2. The SMILES string of the molecule is COc1ccc(CNC(=O)c2cn(C3CC3)c3cc(N4CCC(C(N)=O)CC4)c(F)cc3c2=O)cc1. The summed E-state index contributed by atoms with van der Waals surface area (Å²) >= 11 is 0. The standard InChI is InChI=1S/C27H29FN4O4/c1-36-19-6-2-16(3-7-19)14-30-27(35)21-15-32(18-4-5-18)23-13-24(22(28)12-20(23)25(21)33)31-10-8-17(9-11-31)26(29)34/h2-3,6-7,12-13,15,17-18H,4-5,8-11,14H2,1H3,(H2,29,34)(H,30,35). The van der Waals surface area contributed by atoms with Gasteiger partial charge in [-0.05, 0) is 55.5 Å². The molecule has 5 rings (SSSR count). The Hall–Kier alpha value is -3.88. The summed E-state index contributed by atoms with van der Waals surface area (Å²) in [5, 5.41) is 2.99. The number of methoxy groups -OCH3 is 1. The smallest absolute Gasteiger partial charge is 0.257 e. The van der Waals surface area contributed by atoms with Crippen LogP contribution in [0.25, 0.3) is 10.9 Å². The van der Waals surface area contributed by atoms with Gasteiger partial charge in [0.05, 0.1) is 18.3 Å². The molecule has 3 N–H and O–H groups in total. The van der Waals surface area contributed by atoms with Crippen molar-refractivity contribution in [1.82, 2.24) is 9.88 Å². The predicted octanol–water partition coefficient (Wildman–Crippen LogP) is 3.12. The fraction of sp³-hybridized carbons (Fsp3) is 0.370. The van der Waals surface area contributed by atoms with E-state index in [1.54, 1.807) is 31.5 Å². The average Bonchev–Trinajstić information content (AvgIpc) is 3.73. The minimum Gasteiger partial charge on any atom is -0.497 e. The van der Waals surface area contributed by atoms with Crippen molar-refractivity contribution in [2.24, 2.45) is 11.7 Å². The molecule has 3 aromatic rings. The van der Waals surface area contributed by atoms with Gasteiger partial charge >= 0.3 is 0 Å². The minimum atomic E-state index is -0.518. The number of nitrogens with zero attached hydrogens (tertiary/aromatic N) is 2. The Labute approximate surface area is 207 Å². The lowest BCUT2D eigenvalue weighted by Crippen LogP contribution is -2.39. The van der Waals surface area contributed by atoms with E-state index < -0.39 is 17.2 Å². The molecule has 9 heteroatoms. The summed E-state index contributed by atoms with van der Waals surface area (Å²) in [5.41, 5.74) is 6.81. The van der Waals surface area contributed by atoms with Gasteiger partial charge in [-0.2, -0.15) is 0 Å². The molecule has 0 bridgehead atoms. The molecule has 1 aliphatic carbocycles. The summed E-state index contributed by atoms with van der Waals surface area (Å²) in [4.78, 5) is 39.7. The highest BCUT2D eigenvalue weighted by molar-refractivity contribution is 5.98. The van der Waals surface area contributed by atoms with Gasteiger partial charge in [-0.3, -0.25) is 14.4 Å². The third-order valence-electron chi connectivity index (χ3n) is 7.14. The van der Waals surface area contributed by atoms with Gasteiger partial charge in [-0.1, -0.05) is 12.1 Å². The Balaban J connectivity index is 1.44. The van der Waals surface area contributed by atoms with Gasteiger partial charge in [-0.25, -0.2) is 4.39 Å². The van der Waals surface area contributed by atoms with Crippen molar-refractivity contribution in [3.8, 4) is 5.75 Å². The minimum absolute atomic E-state index is 0.00247. The number of carbonyl (C=O) groups excluding carboxylic acids is 2. The lowest BCUT2D eigenvalue weighted by molar-refractivity contribution is -0.122. The van der Waals surface area contributed by atoms with Crippen molar-refractivity contribution in [2.45, 2.75) is 38.3 Å². The molecule has 2 heterocycles. The van der Waals surface area contributed by atoms with Crippen LogP contribution < -0.4 is 26.1 Å². The fourth-order valence-electron chi connectivity index (χ4n) is 4.84. The first kappa shape index (κ1) is 23.8. The first-order valence-corrected chi connectivity index (χ1v) is 12.2. The summed E-state index contributed by atoms with van der Waals surface area (Å²) in [6.45, 7) is 1.27. The maximum absolute atomic E-state index is 15.3. The Kier molecular flexibility index (Phi) is 6.38. The topological polar surface area (TPSA) is 107 Å². The van der Waals surface area contributed by atoms with E-state index in [1.807, 2.05) is 21.6 Å². The van der Waals surface area contributed by atoms with Crippen molar-refractivity contribution in [2.75, 3.05) is 25.1 Å². The number of nitrogens with two attached hydrogens (primary N) is 1. The maximum atomic E-state index is 15.3. The van der Waals surface area contributed by atoms with Crippen molar-refractivity contribution in [1.29, 1.82) is 0 Å². The normalized spacial score (nSPS) is 16.2. The Bertz CT molecular complexity index is 1370. The van der Waals surface area contributed by atoms with Crippen LogP contribution in [-0.4, -0.2) is 36.6 Å². The number of primary amides is 1. The number of piperidine rings is 1. The van der Waals surface area contributed by atoms with Crippen LogP contribution in [0.3, 0.4) is 0 Å². The van der Waals surface area contributed by atoms with Gasteiger partial charge in [0.15, 0.2) is 0 Å². The number of aromatic nitrogens is 1. The van der Waals surface area contributed by atoms with Crippen molar-refractivity contribution in [3.05, 3.63) is 69.8 Å². The number of halogens is 1. The molecule has 1 aromatic heterocycles. The molecule has 0 unspecified atom stereocenters. The van der Waals surface area contributed by atoms with E-state index in [0.717, 1.165) is 18.4 Å². The number of benzene rings is 2. The second kappa shape index (κ2) is 9.64. The largest absolute Gasteiger partial charge is 0.497 e. The van der Waals surface area contributed by atoms with E-state index in [0.29, 0.717) is 42.9 Å². The molecular weight excluding hydrogens is 463 g/mol. The zero-order valence-electron chi connectivity index (χ0n) is 20.1. The van der Waals surface area contributed by atoms with Crippen LogP contribution in [0.4, 0.5) is 10.1 Å². The van der Waals surface area contributed by atoms with E-state index in [1.165, 1.54) is 6.07 Å². The highest BCUT2D eigenvalue weighted by Crippen LogP contribution is 2.38. The van der Waals surface area contributed by atoms with Gasteiger partial charge < -0.3 is 25.3 Å². The average molecular weight is 493 g/mol. The second-order valence-corrected chi connectivity index (χ2v) is 9.53. The van der Waals surface area contributed by atoms with Crippen molar-refractivity contribution >= 4 is 28.4 Å². The number of rotatable bonds is 7. The molecule has 2 fully saturated rings. The Morgan fingerprint density at radius 1 is 1.11 bits per heavy atom. The van der Waals surface area contributed by atoms with E-state index in [-0.39, 0.29) is 35.4 Å². The number of amides is 2. The second-order valence-electron chi connectivity index (χ2n) is 9.53. The monoisotopic (exact) mass is 492 g/mol. The lowest BCUT2D eigenvalue weighted by Gasteiger charge is -2.32. The summed E-state index contributed by atoms with van der Waals surface area (Å²) in [7, 11) is 1.58. The molecule has 2 aliphatic rings. The predicted molar refractivity (Wildman–Crippen MR) is 135 cm³/mol. The van der Waals surface area contributed by atoms with Crippen LogP contribution in [0.15, 0.2) is 47.4 Å². The number of pyridine rings is 1. The molecule has 0 spiro atoms. The first-order chi connectivity index (χ1) is 17.4. The van der Waals surface area contributed by atoms with Crippen LogP contribution in [0.2, 0.25) is 0 Å². The molecule has 1 aliphatic heterocycles. The third kappa shape index (κ3) is 4.65. The lowest BCUT2D eigenvalue weighted by atomic mass is 9.95. The summed E-state index contributed by atoms with van der Waals surface area (Å²) in [5.74, 6) is -0.826. The van der Waals surface area contributed by atoms with Crippen molar-refractivity contribution < 1.29 is 18.7 Å². The van der Waals surface area contributed by atoms with Crippen LogP contribution >= 0.6 is 0 Å². The van der Waals surface area contributed by atoms with E-state index in [9.17, 15) is 14.4 Å². The van der Waals surface area contributed by atoms with Crippen LogP contribution in [0.1, 0.15) is 47.6 Å². The van der Waals surface area contributed by atoms with Gasteiger partial charge in [0.2, 0.25) is 11.3 Å². The molecule has 1 saturated carbocycles. The summed E-state index contributed by atoms with van der Waals surface area (Å²) < 4.78 is 22.3. The molecule has 1 saturated heterocycles. The number of hydrogen-bond acceptors (Lipinski definition) is 5. The molecule has 8 nitrogen and oxygen atoms in total. The quantitative estimate of drug-likeness (QED) is 0.527. The molecule has 36 heavy (non-hydrogen) atoms. The molecular formula is C27H29FN4O4. The molecule has 0 atom stereocenters. The van der Waals surface area contributed by atoms with E-state index in [4.69, 9.17) is 10.5 Å².